The molecule has 0 aliphatic carbocycles. The van der Waals surface area contributed by atoms with E-state index in [1.165, 1.54) is 6.07 Å². The van der Waals surface area contributed by atoms with Crippen molar-refractivity contribution >= 4 is 33.8 Å². The van der Waals surface area contributed by atoms with E-state index in [0.29, 0.717) is 10.2 Å². The number of carboxylic acids is 1. The summed E-state index contributed by atoms with van der Waals surface area (Å²) in [7, 11) is 0. The minimum Gasteiger partial charge on any atom is -0.478 e. The first kappa shape index (κ1) is 13.3. The van der Waals surface area contributed by atoms with Crippen molar-refractivity contribution in [1.29, 1.82) is 0 Å². The van der Waals surface area contributed by atoms with Gasteiger partial charge in [0.05, 0.1) is 17.5 Å². The van der Waals surface area contributed by atoms with Gasteiger partial charge in [-0.3, -0.25) is 5.43 Å². The fourth-order valence-corrected chi connectivity index (χ4v) is 1.87. The molecule has 19 heavy (non-hydrogen) atoms. The average molecular weight is 319 g/mol. The molecule has 0 heterocycles. The van der Waals surface area contributed by atoms with Crippen LogP contribution in [0.25, 0.3) is 0 Å². The summed E-state index contributed by atoms with van der Waals surface area (Å²) in [5, 5.41) is 13.1. The Morgan fingerprint density at radius 2 is 1.95 bits per heavy atom. The molecule has 0 atom stereocenters. The second-order valence-electron chi connectivity index (χ2n) is 3.78. The SMILES string of the molecule is O=C(O)c1cc(Br)ccc1NN=Cc1ccccc1. The van der Waals surface area contributed by atoms with E-state index in [1.54, 1.807) is 18.3 Å². The van der Waals surface area contributed by atoms with E-state index in [-0.39, 0.29) is 5.56 Å². The molecular formula is C14H11BrN2O2. The summed E-state index contributed by atoms with van der Waals surface area (Å²) in [5.41, 5.74) is 4.29. The summed E-state index contributed by atoms with van der Waals surface area (Å²) >= 11 is 3.24. The van der Waals surface area contributed by atoms with Crippen LogP contribution in [0, 0.1) is 0 Å². The van der Waals surface area contributed by atoms with Gasteiger partial charge in [0.2, 0.25) is 0 Å². The molecule has 5 heteroatoms. The normalized spacial score (nSPS) is 10.6. The van der Waals surface area contributed by atoms with Gasteiger partial charge in [-0.2, -0.15) is 5.10 Å². The van der Waals surface area contributed by atoms with Crippen LogP contribution in [-0.2, 0) is 0 Å². The first-order valence-electron chi connectivity index (χ1n) is 5.54. The lowest BCUT2D eigenvalue weighted by atomic mass is 10.2. The number of benzene rings is 2. The highest BCUT2D eigenvalue weighted by molar-refractivity contribution is 9.10. The van der Waals surface area contributed by atoms with E-state index >= 15 is 0 Å². The van der Waals surface area contributed by atoms with Crippen molar-refractivity contribution in [2.75, 3.05) is 5.43 Å². The molecule has 0 bridgehead atoms. The lowest BCUT2D eigenvalue weighted by molar-refractivity contribution is 0.0698. The minimum absolute atomic E-state index is 0.166. The van der Waals surface area contributed by atoms with Gasteiger partial charge in [-0.05, 0) is 23.8 Å². The smallest absolute Gasteiger partial charge is 0.337 e. The Morgan fingerprint density at radius 1 is 1.21 bits per heavy atom. The largest absolute Gasteiger partial charge is 0.478 e. The molecule has 0 unspecified atom stereocenters. The maximum absolute atomic E-state index is 11.1. The molecule has 0 fully saturated rings. The summed E-state index contributed by atoms with van der Waals surface area (Å²) in [6, 6.07) is 14.5. The maximum atomic E-state index is 11.1. The Balaban J connectivity index is 2.16. The van der Waals surface area contributed by atoms with E-state index in [1.807, 2.05) is 30.3 Å². The fourth-order valence-electron chi connectivity index (χ4n) is 1.51. The van der Waals surface area contributed by atoms with Crippen LogP contribution in [0.1, 0.15) is 15.9 Å². The maximum Gasteiger partial charge on any atom is 0.337 e. The van der Waals surface area contributed by atoms with Crippen LogP contribution in [-0.4, -0.2) is 17.3 Å². The van der Waals surface area contributed by atoms with E-state index < -0.39 is 5.97 Å². The number of aromatic carboxylic acids is 1. The first-order valence-corrected chi connectivity index (χ1v) is 6.33. The number of hydrogen-bond acceptors (Lipinski definition) is 3. The van der Waals surface area contributed by atoms with Crippen LogP contribution < -0.4 is 5.43 Å². The molecule has 2 aromatic carbocycles. The number of nitrogens with one attached hydrogen (secondary N) is 1. The number of halogens is 1. The van der Waals surface area contributed by atoms with Crippen LogP contribution in [0.4, 0.5) is 5.69 Å². The molecule has 96 valence electrons. The molecule has 0 radical (unpaired) electrons. The first-order chi connectivity index (χ1) is 9.16. The van der Waals surface area contributed by atoms with E-state index in [9.17, 15) is 4.79 Å². The summed E-state index contributed by atoms with van der Waals surface area (Å²) in [5.74, 6) is -1.00. The zero-order valence-electron chi connectivity index (χ0n) is 9.88. The van der Waals surface area contributed by atoms with Gasteiger partial charge in [0.1, 0.15) is 0 Å². The Labute approximate surface area is 118 Å². The highest BCUT2D eigenvalue weighted by atomic mass is 79.9. The van der Waals surface area contributed by atoms with Crippen molar-refractivity contribution in [3.63, 3.8) is 0 Å². The molecule has 4 nitrogen and oxygen atoms in total. The number of anilines is 1. The molecule has 0 saturated heterocycles. The van der Waals surface area contributed by atoms with Gasteiger partial charge >= 0.3 is 5.97 Å². The third-order valence-electron chi connectivity index (χ3n) is 2.41. The molecule has 2 rings (SSSR count). The van der Waals surface area contributed by atoms with Gasteiger partial charge in [-0.15, -0.1) is 0 Å². The highest BCUT2D eigenvalue weighted by Crippen LogP contribution is 2.21. The molecule has 0 spiro atoms. The van der Waals surface area contributed by atoms with Crippen molar-refractivity contribution < 1.29 is 9.90 Å². The zero-order chi connectivity index (χ0) is 13.7. The van der Waals surface area contributed by atoms with Gasteiger partial charge in [0.15, 0.2) is 0 Å². The number of rotatable bonds is 4. The van der Waals surface area contributed by atoms with Gasteiger partial charge in [-0.25, -0.2) is 4.79 Å². The van der Waals surface area contributed by atoms with Crippen molar-refractivity contribution in [3.8, 4) is 0 Å². The monoisotopic (exact) mass is 318 g/mol. The van der Waals surface area contributed by atoms with Crippen molar-refractivity contribution in [2.45, 2.75) is 0 Å². The Bertz CT molecular complexity index is 612. The molecule has 2 aromatic rings. The quantitative estimate of drug-likeness (QED) is 0.669. The molecule has 0 saturated carbocycles. The number of hydrazone groups is 1. The van der Waals surface area contributed by atoms with E-state index in [4.69, 9.17) is 5.11 Å². The van der Waals surface area contributed by atoms with Crippen LogP contribution in [0.2, 0.25) is 0 Å². The van der Waals surface area contributed by atoms with E-state index in [2.05, 4.69) is 26.5 Å². The molecule has 0 aromatic heterocycles. The van der Waals surface area contributed by atoms with Gasteiger partial charge in [-0.1, -0.05) is 46.3 Å². The van der Waals surface area contributed by atoms with Gasteiger partial charge in [0, 0.05) is 4.47 Å². The lowest BCUT2D eigenvalue weighted by Gasteiger charge is -2.05. The second kappa shape index (κ2) is 6.15. The predicted molar refractivity (Wildman–Crippen MR) is 78.8 cm³/mol. The zero-order valence-corrected chi connectivity index (χ0v) is 11.5. The summed E-state index contributed by atoms with van der Waals surface area (Å²) in [4.78, 5) is 11.1. The fraction of sp³-hybridized carbons (Fsp3) is 0. The molecule has 2 N–H and O–H groups in total. The molecule has 0 aliphatic heterocycles. The Kier molecular flexibility index (Phi) is 4.30. The van der Waals surface area contributed by atoms with Gasteiger partial charge < -0.3 is 5.11 Å². The second-order valence-corrected chi connectivity index (χ2v) is 4.69. The van der Waals surface area contributed by atoms with Crippen molar-refractivity contribution in [1.82, 2.24) is 0 Å². The van der Waals surface area contributed by atoms with Crippen LogP contribution in [0.3, 0.4) is 0 Å². The Morgan fingerprint density at radius 3 is 2.63 bits per heavy atom. The number of nitrogens with zero attached hydrogens (tertiary/aromatic N) is 1. The number of carboxylic acid groups (broad SMARTS) is 1. The number of carbonyl (C=O) groups is 1. The van der Waals surface area contributed by atoms with E-state index in [0.717, 1.165) is 5.56 Å². The molecule has 0 aliphatic rings. The van der Waals surface area contributed by atoms with Crippen LogP contribution in [0.5, 0.6) is 0 Å². The van der Waals surface area contributed by atoms with Crippen molar-refractivity contribution in [3.05, 3.63) is 64.1 Å². The molecule has 0 amide bonds. The average Bonchev–Trinajstić information content (AvgIpc) is 2.41. The third-order valence-corrected chi connectivity index (χ3v) is 2.90. The van der Waals surface area contributed by atoms with Crippen molar-refractivity contribution in [2.24, 2.45) is 5.10 Å². The van der Waals surface area contributed by atoms with Crippen LogP contribution >= 0.6 is 15.9 Å². The van der Waals surface area contributed by atoms with Gasteiger partial charge in [0.25, 0.3) is 0 Å². The minimum atomic E-state index is -1.00. The summed E-state index contributed by atoms with van der Waals surface area (Å²) in [6.45, 7) is 0. The summed E-state index contributed by atoms with van der Waals surface area (Å²) in [6.07, 6.45) is 1.63. The number of hydrogen-bond donors (Lipinski definition) is 2. The summed E-state index contributed by atoms with van der Waals surface area (Å²) < 4.78 is 0.711. The molecular weight excluding hydrogens is 308 g/mol. The third kappa shape index (κ3) is 3.66. The lowest BCUT2D eigenvalue weighted by Crippen LogP contribution is -2.02. The predicted octanol–water partition coefficient (Wildman–Crippen LogP) is 3.59. The van der Waals surface area contributed by atoms with Crippen LogP contribution in [0.15, 0.2) is 58.1 Å². The highest BCUT2D eigenvalue weighted by Gasteiger charge is 2.09. The topological polar surface area (TPSA) is 61.7 Å². The standard InChI is InChI=1S/C14H11BrN2O2/c15-11-6-7-13(12(8-11)14(18)19)17-16-9-10-4-2-1-3-5-10/h1-9,17H,(H,18,19). The Hall–Kier alpha value is -2.14.